The van der Waals surface area contributed by atoms with Gasteiger partial charge in [0, 0.05) is 32.9 Å². The van der Waals surface area contributed by atoms with Gasteiger partial charge in [0.25, 0.3) is 0 Å². The Morgan fingerprint density at radius 2 is 1.81 bits per heavy atom. The third-order valence-corrected chi connectivity index (χ3v) is 5.59. The van der Waals surface area contributed by atoms with E-state index in [2.05, 4.69) is 50.6 Å². The van der Waals surface area contributed by atoms with Gasteiger partial charge in [-0.15, -0.1) is 0 Å². The molecular formula is C25H37N5O2. The maximum atomic E-state index is 5.77. The molecule has 2 N–H and O–H groups in total. The summed E-state index contributed by atoms with van der Waals surface area (Å²) in [6.07, 6.45) is 5.71. The number of anilines is 1. The van der Waals surface area contributed by atoms with Crippen LogP contribution in [-0.4, -0.2) is 44.3 Å². The molecule has 3 rings (SSSR count). The summed E-state index contributed by atoms with van der Waals surface area (Å²) in [5, 5.41) is 6.89. The number of benzene rings is 1. The SMILES string of the molecule is CCOc1ccc(C(C)NC(=NC)NCc2ccnc(N3CCCCC3)c2)cc1OCC. The quantitative estimate of drug-likeness (QED) is 0.449. The number of guanidine groups is 1. The number of pyridine rings is 1. The standard InChI is InChI=1S/C25H37N5O2/c1-5-31-22-11-10-21(17-23(22)32-6-2)19(3)29-25(26-4)28-18-20-12-13-27-24(16-20)30-14-8-7-9-15-30/h10-13,16-17,19H,5-9,14-15,18H2,1-4H3,(H2,26,28,29). The molecule has 0 saturated carbocycles. The zero-order valence-electron chi connectivity index (χ0n) is 19.9. The van der Waals surface area contributed by atoms with Gasteiger partial charge in [-0.1, -0.05) is 6.07 Å². The summed E-state index contributed by atoms with van der Waals surface area (Å²) >= 11 is 0. The zero-order valence-corrected chi connectivity index (χ0v) is 19.9. The number of rotatable bonds is 9. The Labute approximate surface area is 192 Å². The molecule has 1 aliphatic rings. The van der Waals surface area contributed by atoms with Crippen LogP contribution in [0.4, 0.5) is 5.82 Å². The average Bonchev–Trinajstić information content (AvgIpc) is 2.83. The van der Waals surface area contributed by atoms with Crippen molar-refractivity contribution in [3.05, 3.63) is 47.7 Å². The predicted octanol–water partition coefficient (Wildman–Crippen LogP) is 4.30. The van der Waals surface area contributed by atoms with Crippen LogP contribution < -0.4 is 25.0 Å². The van der Waals surface area contributed by atoms with Crippen LogP contribution in [0.3, 0.4) is 0 Å². The molecule has 1 aromatic carbocycles. The topological polar surface area (TPSA) is 71.0 Å². The minimum Gasteiger partial charge on any atom is -0.490 e. The number of nitrogens with zero attached hydrogens (tertiary/aromatic N) is 3. The molecule has 1 saturated heterocycles. The number of ether oxygens (including phenoxy) is 2. The van der Waals surface area contributed by atoms with E-state index in [4.69, 9.17) is 9.47 Å². The first-order valence-electron chi connectivity index (χ1n) is 11.7. The number of aliphatic imine (C=N–C) groups is 1. The lowest BCUT2D eigenvalue weighted by Gasteiger charge is -2.28. The largest absolute Gasteiger partial charge is 0.490 e. The van der Waals surface area contributed by atoms with Gasteiger partial charge in [0.05, 0.1) is 19.3 Å². The molecule has 2 heterocycles. The molecule has 0 aliphatic carbocycles. The minimum atomic E-state index is 0.0532. The van der Waals surface area contributed by atoms with E-state index in [0.717, 1.165) is 41.9 Å². The van der Waals surface area contributed by atoms with E-state index in [1.54, 1.807) is 7.05 Å². The first kappa shape index (κ1) is 23.7. The summed E-state index contributed by atoms with van der Waals surface area (Å²) in [4.78, 5) is 11.4. The van der Waals surface area contributed by atoms with Crippen molar-refractivity contribution in [1.29, 1.82) is 0 Å². The lowest BCUT2D eigenvalue weighted by atomic mass is 10.1. The summed E-state index contributed by atoms with van der Waals surface area (Å²) < 4.78 is 11.4. The molecule has 1 unspecified atom stereocenters. The number of aromatic nitrogens is 1. The van der Waals surface area contributed by atoms with E-state index < -0.39 is 0 Å². The molecule has 7 heteroatoms. The highest BCUT2D eigenvalue weighted by Gasteiger charge is 2.14. The smallest absolute Gasteiger partial charge is 0.191 e. The van der Waals surface area contributed by atoms with Crippen molar-refractivity contribution in [2.24, 2.45) is 4.99 Å². The molecule has 0 bridgehead atoms. The van der Waals surface area contributed by atoms with Crippen LogP contribution in [0.2, 0.25) is 0 Å². The van der Waals surface area contributed by atoms with E-state index >= 15 is 0 Å². The highest BCUT2D eigenvalue weighted by atomic mass is 16.5. The number of hydrogen-bond acceptors (Lipinski definition) is 5. The van der Waals surface area contributed by atoms with Gasteiger partial charge in [-0.2, -0.15) is 0 Å². The van der Waals surface area contributed by atoms with E-state index in [0.29, 0.717) is 19.8 Å². The second kappa shape index (κ2) is 12.2. The van der Waals surface area contributed by atoms with Gasteiger partial charge in [-0.05, 0) is 75.4 Å². The van der Waals surface area contributed by atoms with Crippen LogP contribution in [0.15, 0.2) is 41.5 Å². The van der Waals surface area contributed by atoms with Crippen molar-refractivity contribution >= 4 is 11.8 Å². The third-order valence-electron chi connectivity index (χ3n) is 5.59. The molecule has 7 nitrogen and oxygen atoms in total. The molecule has 1 aromatic heterocycles. The van der Waals surface area contributed by atoms with E-state index in [-0.39, 0.29) is 6.04 Å². The highest BCUT2D eigenvalue weighted by Crippen LogP contribution is 2.30. The zero-order chi connectivity index (χ0) is 22.8. The fraction of sp³-hybridized carbons (Fsp3) is 0.520. The molecule has 1 atom stereocenters. The Morgan fingerprint density at radius 1 is 1.06 bits per heavy atom. The minimum absolute atomic E-state index is 0.0532. The summed E-state index contributed by atoms with van der Waals surface area (Å²) in [7, 11) is 1.79. The van der Waals surface area contributed by atoms with E-state index in [1.165, 1.54) is 24.8 Å². The Balaban J connectivity index is 1.60. The lowest BCUT2D eigenvalue weighted by molar-refractivity contribution is 0.287. The molecule has 0 spiro atoms. The Morgan fingerprint density at radius 3 is 2.53 bits per heavy atom. The molecule has 32 heavy (non-hydrogen) atoms. The first-order chi connectivity index (χ1) is 15.6. The van der Waals surface area contributed by atoms with Gasteiger partial charge in [0.15, 0.2) is 17.5 Å². The third kappa shape index (κ3) is 6.52. The fourth-order valence-electron chi connectivity index (χ4n) is 3.87. The van der Waals surface area contributed by atoms with Crippen LogP contribution >= 0.6 is 0 Å². The van der Waals surface area contributed by atoms with Crippen molar-refractivity contribution in [2.75, 3.05) is 38.3 Å². The Bertz CT molecular complexity index is 880. The molecule has 1 fully saturated rings. The first-order valence-corrected chi connectivity index (χ1v) is 11.7. The van der Waals surface area contributed by atoms with Crippen molar-refractivity contribution < 1.29 is 9.47 Å². The molecule has 1 aliphatic heterocycles. The van der Waals surface area contributed by atoms with Gasteiger partial charge in [0.1, 0.15) is 5.82 Å². The summed E-state index contributed by atoms with van der Waals surface area (Å²) in [6.45, 7) is 10.1. The van der Waals surface area contributed by atoms with Gasteiger partial charge >= 0.3 is 0 Å². The number of piperidine rings is 1. The van der Waals surface area contributed by atoms with Crippen LogP contribution in [-0.2, 0) is 6.54 Å². The van der Waals surface area contributed by atoms with Crippen LogP contribution in [0, 0.1) is 0 Å². The molecule has 0 amide bonds. The number of hydrogen-bond donors (Lipinski definition) is 2. The maximum Gasteiger partial charge on any atom is 0.191 e. The number of nitrogens with one attached hydrogen (secondary N) is 2. The van der Waals surface area contributed by atoms with Gasteiger partial charge in [0.2, 0.25) is 0 Å². The summed E-state index contributed by atoms with van der Waals surface area (Å²) in [5.74, 6) is 3.36. The van der Waals surface area contributed by atoms with Crippen molar-refractivity contribution in [2.45, 2.75) is 52.6 Å². The molecule has 174 valence electrons. The summed E-state index contributed by atoms with van der Waals surface area (Å²) in [5.41, 5.74) is 2.30. The second-order valence-corrected chi connectivity index (χ2v) is 7.93. The Hall–Kier alpha value is -2.96. The van der Waals surface area contributed by atoms with Crippen LogP contribution in [0.5, 0.6) is 11.5 Å². The molecular weight excluding hydrogens is 402 g/mol. The van der Waals surface area contributed by atoms with Crippen LogP contribution in [0.25, 0.3) is 0 Å². The molecule has 2 aromatic rings. The maximum absolute atomic E-state index is 5.77. The molecule has 0 radical (unpaired) electrons. The lowest BCUT2D eigenvalue weighted by Crippen LogP contribution is -2.38. The van der Waals surface area contributed by atoms with E-state index in [1.807, 2.05) is 32.2 Å². The van der Waals surface area contributed by atoms with Crippen molar-refractivity contribution in [1.82, 2.24) is 15.6 Å². The van der Waals surface area contributed by atoms with Crippen molar-refractivity contribution in [3.63, 3.8) is 0 Å². The van der Waals surface area contributed by atoms with Gasteiger partial charge < -0.3 is 25.0 Å². The second-order valence-electron chi connectivity index (χ2n) is 7.93. The highest BCUT2D eigenvalue weighted by molar-refractivity contribution is 5.80. The fourth-order valence-corrected chi connectivity index (χ4v) is 3.87. The average molecular weight is 440 g/mol. The van der Waals surface area contributed by atoms with Crippen molar-refractivity contribution in [3.8, 4) is 11.5 Å². The van der Waals surface area contributed by atoms with Crippen LogP contribution in [0.1, 0.15) is 57.2 Å². The Kier molecular flexibility index (Phi) is 9.01. The normalized spacial score (nSPS) is 15.2. The summed E-state index contributed by atoms with van der Waals surface area (Å²) in [6, 6.07) is 10.3. The van der Waals surface area contributed by atoms with Gasteiger partial charge in [-0.3, -0.25) is 4.99 Å². The predicted molar refractivity (Wildman–Crippen MR) is 131 cm³/mol. The van der Waals surface area contributed by atoms with E-state index in [9.17, 15) is 0 Å². The van der Waals surface area contributed by atoms with Gasteiger partial charge in [-0.25, -0.2) is 4.98 Å². The monoisotopic (exact) mass is 439 g/mol.